The van der Waals surface area contributed by atoms with Crippen molar-refractivity contribution in [3.8, 4) is 0 Å². The monoisotopic (exact) mass is 290 g/mol. The fourth-order valence-corrected chi connectivity index (χ4v) is 2.93. The highest BCUT2D eigenvalue weighted by Gasteiger charge is 2.41. The standard InChI is InChI=1S/C15H18N2O4/c16-15(4-6-21-9-15)14(20)17-5-3-10-1-2-11(13(18)19)7-12(10)8-17/h1-2,7H,3-6,8-9,16H2,(H,18,19). The molecular formula is C15H18N2O4. The van der Waals surface area contributed by atoms with Crippen LogP contribution in [0.15, 0.2) is 18.2 Å². The Labute approximate surface area is 122 Å². The minimum Gasteiger partial charge on any atom is -0.478 e. The van der Waals surface area contributed by atoms with Gasteiger partial charge < -0.3 is 20.5 Å². The SMILES string of the molecule is NC1(C(=O)N2CCc3ccc(C(=O)O)cc3C2)CCOC1. The Morgan fingerprint density at radius 2 is 2.14 bits per heavy atom. The number of amides is 1. The highest BCUT2D eigenvalue weighted by atomic mass is 16.5. The summed E-state index contributed by atoms with van der Waals surface area (Å²) < 4.78 is 5.24. The van der Waals surface area contributed by atoms with Crippen LogP contribution in [-0.4, -0.2) is 47.2 Å². The first-order valence-electron chi connectivity index (χ1n) is 7.01. The molecule has 1 aromatic carbocycles. The summed E-state index contributed by atoms with van der Waals surface area (Å²) in [7, 11) is 0. The second-order valence-electron chi connectivity index (χ2n) is 5.72. The maximum Gasteiger partial charge on any atom is 0.335 e. The second-order valence-corrected chi connectivity index (χ2v) is 5.72. The molecule has 3 N–H and O–H groups in total. The van der Waals surface area contributed by atoms with Gasteiger partial charge in [0.05, 0.1) is 12.2 Å². The number of carbonyl (C=O) groups excluding carboxylic acids is 1. The number of nitrogens with zero attached hydrogens (tertiary/aromatic N) is 1. The summed E-state index contributed by atoms with van der Waals surface area (Å²) in [5.74, 6) is -1.06. The lowest BCUT2D eigenvalue weighted by Gasteiger charge is -2.34. The van der Waals surface area contributed by atoms with E-state index >= 15 is 0 Å². The maximum atomic E-state index is 12.6. The number of hydrogen-bond acceptors (Lipinski definition) is 4. The predicted molar refractivity (Wildman–Crippen MR) is 74.9 cm³/mol. The van der Waals surface area contributed by atoms with Gasteiger partial charge in [0.15, 0.2) is 0 Å². The van der Waals surface area contributed by atoms with Crippen LogP contribution in [0, 0.1) is 0 Å². The van der Waals surface area contributed by atoms with Crippen molar-refractivity contribution >= 4 is 11.9 Å². The molecule has 2 aliphatic heterocycles. The number of hydrogen-bond donors (Lipinski definition) is 2. The van der Waals surface area contributed by atoms with Crippen LogP contribution in [0.1, 0.15) is 27.9 Å². The van der Waals surface area contributed by atoms with Gasteiger partial charge in [-0.15, -0.1) is 0 Å². The predicted octanol–water partition coefficient (Wildman–Crippen LogP) is 0.387. The van der Waals surface area contributed by atoms with E-state index in [0.717, 1.165) is 17.5 Å². The van der Waals surface area contributed by atoms with Crippen LogP contribution in [0.2, 0.25) is 0 Å². The van der Waals surface area contributed by atoms with Gasteiger partial charge in [-0.1, -0.05) is 6.07 Å². The molecule has 0 aromatic heterocycles. The van der Waals surface area contributed by atoms with Gasteiger partial charge in [-0.2, -0.15) is 0 Å². The summed E-state index contributed by atoms with van der Waals surface area (Å²) in [6, 6.07) is 5.08. The van der Waals surface area contributed by atoms with Gasteiger partial charge in [-0.05, 0) is 36.1 Å². The number of fused-ring (bicyclic) bond motifs is 1. The van der Waals surface area contributed by atoms with Gasteiger partial charge in [0.2, 0.25) is 5.91 Å². The second kappa shape index (κ2) is 5.13. The van der Waals surface area contributed by atoms with Crippen molar-refractivity contribution in [1.82, 2.24) is 4.90 Å². The third-order valence-electron chi connectivity index (χ3n) is 4.23. The highest BCUT2D eigenvalue weighted by molar-refractivity contribution is 5.88. The third-order valence-corrected chi connectivity index (χ3v) is 4.23. The molecule has 0 aliphatic carbocycles. The fourth-order valence-electron chi connectivity index (χ4n) is 2.93. The van der Waals surface area contributed by atoms with Crippen LogP contribution in [0.3, 0.4) is 0 Å². The Bertz CT molecular complexity index is 593. The topological polar surface area (TPSA) is 92.9 Å². The molecule has 1 fully saturated rings. The number of benzene rings is 1. The minimum atomic E-state index is -0.958. The first kappa shape index (κ1) is 14.0. The van der Waals surface area contributed by atoms with Crippen molar-refractivity contribution < 1.29 is 19.4 Å². The third kappa shape index (κ3) is 2.52. The fraction of sp³-hybridized carbons (Fsp3) is 0.467. The molecular weight excluding hydrogens is 272 g/mol. The van der Waals surface area contributed by atoms with E-state index < -0.39 is 11.5 Å². The molecule has 0 radical (unpaired) electrons. The Morgan fingerprint density at radius 3 is 2.81 bits per heavy atom. The quantitative estimate of drug-likeness (QED) is 0.822. The smallest absolute Gasteiger partial charge is 0.335 e. The molecule has 2 heterocycles. The molecule has 3 rings (SSSR count). The molecule has 0 bridgehead atoms. The summed E-state index contributed by atoms with van der Waals surface area (Å²) >= 11 is 0. The van der Waals surface area contributed by atoms with E-state index in [1.807, 2.05) is 6.07 Å². The van der Waals surface area contributed by atoms with Crippen molar-refractivity contribution in [2.45, 2.75) is 24.9 Å². The van der Waals surface area contributed by atoms with E-state index in [4.69, 9.17) is 15.6 Å². The van der Waals surface area contributed by atoms with Gasteiger partial charge in [0.25, 0.3) is 0 Å². The van der Waals surface area contributed by atoms with Crippen molar-refractivity contribution in [2.24, 2.45) is 5.73 Å². The molecule has 112 valence electrons. The number of nitrogens with two attached hydrogens (primary N) is 1. The van der Waals surface area contributed by atoms with Crippen molar-refractivity contribution in [1.29, 1.82) is 0 Å². The van der Waals surface area contributed by atoms with Crippen molar-refractivity contribution in [2.75, 3.05) is 19.8 Å². The van der Waals surface area contributed by atoms with Gasteiger partial charge in [0, 0.05) is 19.7 Å². The van der Waals surface area contributed by atoms with Crippen molar-refractivity contribution in [3.63, 3.8) is 0 Å². The number of carboxylic acids is 1. The lowest BCUT2D eigenvalue weighted by atomic mass is 9.93. The van der Waals surface area contributed by atoms with Gasteiger partial charge in [-0.3, -0.25) is 4.79 Å². The lowest BCUT2D eigenvalue weighted by Crippen LogP contribution is -2.56. The molecule has 1 saturated heterocycles. The average Bonchev–Trinajstić information content (AvgIpc) is 2.93. The van der Waals surface area contributed by atoms with Crippen LogP contribution in [0.5, 0.6) is 0 Å². The number of carboxylic acid groups (broad SMARTS) is 1. The molecule has 1 amide bonds. The summed E-state index contributed by atoms with van der Waals surface area (Å²) in [6.45, 7) is 1.78. The van der Waals surface area contributed by atoms with E-state index in [9.17, 15) is 9.59 Å². The molecule has 0 saturated carbocycles. The number of ether oxygens (including phenoxy) is 1. The molecule has 1 aromatic rings. The number of carbonyl (C=O) groups is 2. The first-order valence-corrected chi connectivity index (χ1v) is 7.01. The summed E-state index contributed by atoms with van der Waals surface area (Å²) in [4.78, 5) is 25.3. The normalized spacial score (nSPS) is 24.7. The van der Waals surface area contributed by atoms with Crippen LogP contribution >= 0.6 is 0 Å². The Balaban J connectivity index is 1.81. The van der Waals surface area contributed by atoms with E-state index in [1.54, 1.807) is 17.0 Å². The molecule has 6 nitrogen and oxygen atoms in total. The number of aromatic carboxylic acids is 1. The van der Waals surface area contributed by atoms with E-state index in [2.05, 4.69) is 0 Å². The summed E-state index contributed by atoms with van der Waals surface area (Å²) in [6.07, 6.45) is 1.25. The summed E-state index contributed by atoms with van der Waals surface area (Å²) in [5.41, 5.74) is 7.42. The zero-order chi connectivity index (χ0) is 15.0. The molecule has 0 spiro atoms. The molecule has 21 heavy (non-hydrogen) atoms. The van der Waals surface area contributed by atoms with Gasteiger partial charge in [0.1, 0.15) is 5.54 Å². The van der Waals surface area contributed by atoms with Crippen LogP contribution < -0.4 is 5.73 Å². The molecule has 6 heteroatoms. The largest absolute Gasteiger partial charge is 0.478 e. The van der Waals surface area contributed by atoms with Gasteiger partial charge in [-0.25, -0.2) is 4.79 Å². The Kier molecular flexibility index (Phi) is 3.43. The van der Waals surface area contributed by atoms with Gasteiger partial charge >= 0.3 is 5.97 Å². The number of rotatable bonds is 2. The molecule has 1 unspecified atom stereocenters. The van der Waals surface area contributed by atoms with Crippen LogP contribution in [0.4, 0.5) is 0 Å². The molecule has 2 aliphatic rings. The zero-order valence-electron chi connectivity index (χ0n) is 11.7. The van der Waals surface area contributed by atoms with E-state index in [0.29, 0.717) is 26.1 Å². The van der Waals surface area contributed by atoms with Crippen LogP contribution in [0.25, 0.3) is 0 Å². The first-order chi connectivity index (χ1) is 9.99. The molecule has 1 atom stereocenters. The average molecular weight is 290 g/mol. The van der Waals surface area contributed by atoms with Crippen LogP contribution in [-0.2, 0) is 22.5 Å². The summed E-state index contributed by atoms with van der Waals surface area (Å²) in [5, 5.41) is 9.06. The van der Waals surface area contributed by atoms with Crippen molar-refractivity contribution in [3.05, 3.63) is 34.9 Å². The minimum absolute atomic E-state index is 0.105. The highest BCUT2D eigenvalue weighted by Crippen LogP contribution is 2.25. The Hall–Kier alpha value is -1.92. The zero-order valence-corrected chi connectivity index (χ0v) is 11.7. The lowest BCUT2D eigenvalue weighted by molar-refractivity contribution is -0.138. The Morgan fingerprint density at radius 1 is 1.33 bits per heavy atom. The van der Waals surface area contributed by atoms with E-state index in [-0.39, 0.29) is 18.1 Å². The van der Waals surface area contributed by atoms with E-state index in [1.165, 1.54) is 0 Å². The maximum absolute atomic E-state index is 12.6.